The van der Waals surface area contributed by atoms with E-state index in [0.717, 1.165) is 0 Å². The summed E-state index contributed by atoms with van der Waals surface area (Å²) in [5, 5.41) is 22.8. The van der Waals surface area contributed by atoms with Gasteiger partial charge in [-0.1, -0.05) is 38.1 Å². The molecule has 6 nitrogen and oxygen atoms in total. The lowest BCUT2D eigenvalue weighted by molar-refractivity contribution is -0.383. The zero-order valence-corrected chi connectivity index (χ0v) is 11.7. The lowest BCUT2D eigenvalue weighted by atomic mass is 10.1. The van der Waals surface area contributed by atoms with Crippen LogP contribution >= 0.6 is 0 Å². The normalized spacial score (nSPS) is 9.24. The van der Waals surface area contributed by atoms with E-state index in [1.54, 1.807) is 30.3 Å². The van der Waals surface area contributed by atoms with E-state index in [9.17, 15) is 14.9 Å². The van der Waals surface area contributed by atoms with Crippen molar-refractivity contribution in [2.45, 2.75) is 13.8 Å². The number of nitrogens with one attached hydrogen (secondary N) is 1. The second kappa shape index (κ2) is 7.64. The molecule has 2 N–H and O–H groups in total. The molecule has 0 heterocycles. The molecule has 0 unspecified atom stereocenters. The van der Waals surface area contributed by atoms with E-state index in [1.807, 2.05) is 13.8 Å². The van der Waals surface area contributed by atoms with Crippen LogP contribution in [-0.4, -0.2) is 16.0 Å². The van der Waals surface area contributed by atoms with Gasteiger partial charge in [-0.25, -0.2) is 4.79 Å². The van der Waals surface area contributed by atoms with Crippen molar-refractivity contribution in [3.63, 3.8) is 0 Å². The van der Waals surface area contributed by atoms with E-state index in [-0.39, 0.29) is 16.9 Å². The Kier molecular flexibility index (Phi) is 5.88. The van der Waals surface area contributed by atoms with Crippen molar-refractivity contribution in [1.29, 1.82) is 0 Å². The van der Waals surface area contributed by atoms with Crippen LogP contribution in [0.2, 0.25) is 0 Å². The molecule has 0 aliphatic rings. The highest BCUT2D eigenvalue weighted by molar-refractivity contribution is 5.98. The Hall–Kier alpha value is -2.89. The lowest BCUT2D eigenvalue weighted by Crippen LogP contribution is -2.05. The van der Waals surface area contributed by atoms with Gasteiger partial charge in [-0.05, 0) is 18.2 Å². The quantitative estimate of drug-likeness (QED) is 0.653. The molecule has 0 fully saturated rings. The number of carboxylic acids is 1. The van der Waals surface area contributed by atoms with Crippen molar-refractivity contribution in [1.82, 2.24) is 0 Å². The summed E-state index contributed by atoms with van der Waals surface area (Å²) in [4.78, 5) is 21.5. The molecule has 110 valence electrons. The van der Waals surface area contributed by atoms with Crippen LogP contribution in [0.15, 0.2) is 48.5 Å². The first-order valence-electron chi connectivity index (χ1n) is 6.42. The number of carbonyl (C=O) groups is 1. The Morgan fingerprint density at radius 1 is 1.10 bits per heavy atom. The van der Waals surface area contributed by atoms with Gasteiger partial charge in [0, 0.05) is 11.8 Å². The molecule has 0 radical (unpaired) electrons. The first-order valence-corrected chi connectivity index (χ1v) is 6.42. The summed E-state index contributed by atoms with van der Waals surface area (Å²) in [5.41, 5.74) is 0.146. The number of anilines is 2. The summed E-state index contributed by atoms with van der Waals surface area (Å²) in [6.07, 6.45) is 0. The van der Waals surface area contributed by atoms with E-state index in [2.05, 4.69) is 5.32 Å². The van der Waals surface area contributed by atoms with Gasteiger partial charge in [-0.3, -0.25) is 10.1 Å². The maximum absolute atomic E-state index is 11.1. The van der Waals surface area contributed by atoms with Crippen molar-refractivity contribution >= 4 is 23.0 Å². The molecular weight excluding hydrogens is 272 g/mol. The van der Waals surface area contributed by atoms with Crippen molar-refractivity contribution in [2.24, 2.45) is 0 Å². The highest BCUT2D eigenvalue weighted by Gasteiger charge is 2.21. The van der Waals surface area contributed by atoms with Gasteiger partial charge in [0.25, 0.3) is 5.69 Å². The predicted octanol–water partition coefficient (Wildman–Crippen LogP) is 4.06. The fourth-order valence-corrected chi connectivity index (χ4v) is 1.67. The number of benzene rings is 2. The lowest BCUT2D eigenvalue weighted by Gasteiger charge is -2.09. The Morgan fingerprint density at radius 2 is 1.71 bits per heavy atom. The van der Waals surface area contributed by atoms with E-state index < -0.39 is 10.9 Å². The van der Waals surface area contributed by atoms with Crippen LogP contribution < -0.4 is 5.32 Å². The minimum absolute atomic E-state index is 0.0220. The molecule has 0 amide bonds. The number of hydrogen-bond donors (Lipinski definition) is 2. The molecule has 0 aliphatic heterocycles. The molecule has 2 aromatic rings. The summed E-state index contributed by atoms with van der Waals surface area (Å²) >= 11 is 0. The average molecular weight is 288 g/mol. The van der Waals surface area contributed by atoms with Crippen molar-refractivity contribution < 1.29 is 14.8 Å². The Balaban J connectivity index is 0.00000106. The third kappa shape index (κ3) is 4.04. The summed E-state index contributed by atoms with van der Waals surface area (Å²) in [7, 11) is 0. The van der Waals surface area contributed by atoms with Gasteiger partial charge in [0.1, 0.15) is 5.69 Å². The van der Waals surface area contributed by atoms with Crippen molar-refractivity contribution in [3.05, 3.63) is 64.2 Å². The summed E-state index contributed by atoms with van der Waals surface area (Å²) in [5.74, 6) is -1.22. The number of para-hydroxylation sites is 2. The Labute approximate surface area is 122 Å². The van der Waals surface area contributed by atoms with Gasteiger partial charge in [0.05, 0.1) is 10.5 Å². The largest absolute Gasteiger partial charge is 0.478 e. The summed E-state index contributed by atoms with van der Waals surface area (Å²) in [6, 6.07) is 12.6. The summed E-state index contributed by atoms with van der Waals surface area (Å²) in [6.45, 7) is 4.00. The maximum atomic E-state index is 11.1. The van der Waals surface area contributed by atoms with Gasteiger partial charge in [0.15, 0.2) is 0 Å². The van der Waals surface area contributed by atoms with E-state index in [4.69, 9.17) is 5.11 Å². The Morgan fingerprint density at radius 3 is 2.24 bits per heavy atom. The zero-order chi connectivity index (χ0) is 15.8. The van der Waals surface area contributed by atoms with Gasteiger partial charge in [-0.15, -0.1) is 0 Å². The number of hydrogen-bond acceptors (Lipinski definition) is 4. The molecule has 21 heavy (non-hydrogen) atoms. The molecule has 2 rings (SSSR count). The van der Waals surface area contributed by atoms with E-state index >= 15 is 0 Å². The second-order valence-electron chi connectivity index (χ2n) is 3.75. The van der Waals surface area contributed by atoms with Gasteiger partial charge >= 0.3 is 5.97 Å². The van der Waals surface area contributed by atoms with Crippen LogP contribution in [0.5, 0.6) is 0 Å². The Bertz CT molecular complexity index is 595. The molecule has 6 heteroatoms. The number of aromatic carboxylic acids is 1. The standard InChI is InChI=1S/C13H10N2O4.C2H6/c16-13(17)10-7-4-8-11(15(18)19)12(10)14-9-5-2-1-3-6-9;1-2/h1-8,14H,(H,16,17);1-2H3. The van der Waals surface area contributed by atoms with Gasteiger partial charge in [-0.2, -0.15) is 0 Å². The van der Waals surface area contributed by atoms with Crippen LogP contribution in [-0.2, 0) is 0 Å². The fourth-order valence-electron chi connectivity index (χ4n) is 1.67. The van der Waals surface area contributed by atoms with Crippen LogP contribution in [0, 0.1) is 10.1 Å². The predicted molar refractivity (Wildman–Crippen MR) is 81.1 cm³/mol. The third-order valence-corrected chi connectivity index (χ3v) is 2.51. The maximum Gasteiger partial charge on any atom is 0.338 e. The molecule has 0 saturated heterocycles. The van der Waals surface area contributed by atoms with Crippen LogP contribution in [0.1, 0.15) is 24.2 Å². The topological polar surface area (TPSA) is 92.5 Å². The first-order chi connectivity index (χ1) is 10.1. The minimum Gasteiger partial charge on any atom is -0.478 e. The van der Waals surface area contributed by atoms with Crippen molar-refractivity contribution in [2.75, 3.05) is 5.32 Å². The fraction of sp³-hybridized carbons (Fsp3) is 0.133. The highest BCUT2D eigenvalue weighted by Crippen LogP contribution is 2.31. The van der Waals surface area contributed by atoms with E-state index in [0.29, 0.717) is 5.69 Å². The molecule has 0 aliphatic carbocycles. The van der Waals surface area contributed by atoms with Crippen molar-refractivity contribution in [3.8, 4) is 0 Å². The number of nitro benzene ring substituents is 1. The smallest absolute Gasteiger partial charge is 0.338 e. The van der Waals surface area contributed by atoms with Gasteiger partial charge in [0.2, 0.25) is 0 Å². The highest BCUT2D eigenvalue weighted by atomic mass is 16.6. The zero-order valence-electron chi connectivity index (χ0n) is 11.7. The SMILES string of the molecule is CC.O=C(O)c1cccc([N+](=O)[O-])c1Nc1ccccc1. The number of nitrogens with zero attached hydrogens (tertiary/aromatic N) is 1. The molecule has 0 spiro atoms. The van der Waals surface area contributed by atoms with Crippen LogP contribution in [0.4, 0.5) is 17.1 Å². The molecule has 0 saturated carbocycles. The molecule has 2 aromatic carbocycles. The summed E-state index contributed by atoms with van der Waals surface area (Å²) < 4.78 is 0. The second-order valence-corrected chi connectivity index (χ2v) is 3.75. The van der Waals surface area contributed by atoms with E-state index in [1.165, 1.54) is 18.2 Å². The monoisotopic (exact) mass is 288 g/mol. The molecule has 0 bridgehead atoms. The minimum atomic E-state index is -1.22. The number of carboxylic acid groups (broad SMARTS) is 1. The number of rotatable bonds is 4. The molecular formula is C15H16N2O4. The molecule has 0 aromatic heterocycles. The van der Waals surface area contributed by atoms with Crippen LogP contribution in [0.3, 0.4) is 0 Å². The third-order valence-electron chi connectivity index (χ3n) is 2.51. The van der Waals surface area contributed by atoms with Crippen LogP contribution in [0.25, 0.3) is 0 Å². The average Bonchev–Trinajstić information content (AvgIpc) is 2.50. The first kappa shape index (κ1) is 16.2. The van der Waals surface area contributed by atoms with Gasteiger partial charge < -0.3 is 10.4 Å². The number of nitro groups is 1. The molecule has 0 atom stereocenters.